The molecule has 0 amide bonds. The minimum Gasteiger partial charge on any atom is -0.395 e. The Morgan fingerprint density at radius 3 is 1.36 bits per heavy atom. The number of rotatable bonds is 8. The van der Waals surface area contributed by atoms with Crippen molar-refractivity contribution in [2.75, 3.05) is 28.7 Å². The molecule has 0 spiro atoms. The number of hydrogen-bond donors (Lipinski definition) is 3. The quantitative estimate of drug-likeness (QED) is 0.370. The molecule has 3 aliphatic rings. The first-order chi connectivity index (χ1) is 20.4. The van der Waals surface area contributed by atoms with Gasteiger partial charge in [-0.25, -0.2) is 0 Å². The van der Waals surface area contributed by atoms with Gasteiger partial charge in [0.2, 0.25) is 17.8 Å². The second-order valence-electron chi connectivity index (χ2n) is 17.5. The topological polar surface area (TPSA) is 156 Å². The first-order valence-corrected chi connectivity index (χ1v) is 16.5. The molecule has 0 saturated carbocycles. The van der Waals surface area contributed by atoms with Crippen LogP contribution < -0.4 is 15.5 Å². The molecule has 1 aromatic rings. The van der Waals surface area contributed by atoms with Crippen molar-refractivity contribution in [3.05, 3.63) is 0 Å². The van der Waals surface area contributed by atoms with Gasteiger partial charge in [0.05, 0.1) is 6.61 Å². The largest absolute Gasteiger partial charge is 0.395 e. The summed E-state index contributed by atoms with van der Waals surface area (Å²) in [6.45, 7) is 23.9. The van der Waals surface area contributed by atoms with Crippen molar-refractivity contribution in [2.24, 2.45) is 0 Å². The van der Waals surface area contributed by atoms with Crippen LogP contribution in [0.3, 0.4) is 0 Å². The van der Waals surface area contributed by atoms with Gasteiger partial charge in [0.15, 0.2) is 0 Å². The van der Waals surface area contributed by atoms with E-state index in [1.807, 2.05) is 83.1 Å². The Hall–Kier alpha value is -1.87. The molecule has 255 valence electrons. The SMILES string of the molecule is CC1(C)CC(Nc2nc(NCCO)nc(N(C3CC(C)(C)N([O])C(C)(C)C3)C3CC(C)(C)N([O])C(C)(C)C3)n2)CC(C)(C)N1[O]. The monoisotopic (exact) mass is 632 g/mol. The number of hydroxylamine groups is 6. The molecule has 1 aromatic heterocycles. The second kappa shape index (κ2) is 12.0. The van der Waals surface area contributed by atoms with Gasteiger partial charge in [0.25, 0.3) is 0 Å². The Bertz CT molecular complexity index is 1110. The van der Waals surface area contributed by atoms with E-state index in [1.54, 1.807) is 0 Å². The molecule has 4 heterocycles. The number of nitrogens with one attached hydrogen (secondary N) is 2. The van der Waals surface area contributed by atoms with Crippen LogP contribution in [-0.2, 0) is 15.6 Å². The van der Waals surface area contributed by atoms with Gasteiger partial charge < -0.3 is 20.6 Å². The molecule has 0 atom stereocenters. The Labute approximate surface area is 270 Å². The number of piperidine rings is 3. The highest BCUT2D eigenvalue weighted by Gasteiger charge is 2.53. The van der Waals surface area contributed by atoms with Crippen LogP contribution in [0, 0.1) is 0 Å². The first kappa shape index (κ1) is 36.0. The smallest absolute Gasteiger partial charge is 0.232 e. The molecule has 13 heteroatoms. The maximum absolute atomic E-state index is 13.4. The average Bonchev–Trinajstić information content (AvgIpc) is 2.87. The summed E-state index contributed by atoms with van der Waals surface area (Å²) in [6.07, 6.45) is 3.59. The molecule has 3 radical (unpaired) electrons. The van der Waals surface area contributed by atoms with E-state index < -0.39 is 33.2 Å². The van der Waals surface area contributed by atoms with Gasteiger partial charge in [-0.3, -0.25) is 0 Å². The highest BCUT2D eigenvalue weighted by atomic mass is 16.5. The summed E-state index contributed by atoms with van der Waals surface area (Å²) in [7, 11) is 0. The summed E-state index contributed by atoms with van der Waals surface area (Å²) in [5.41, 5.74) is -3.69. The summed E-state index contributed by atoms with van der Waals surface area (Å²) in [5, 5.41) is 59.8. The van der Waals surface area contributed by atoms with Crippen molar-refractivity contribution in [1.29, 1.82) is 0 Å². The lowest BCUT2D eigenvalue weighted by Crippen LogP contribution is -2.67. The third-order valence-corrected chi connectivity index (χ3v) is 10.1. The predicted molar refractivity (Wildman–Crippen MR) is 173 cm³/mol. The summed E-state index contributed by atoms with van der Waals surface area (Å²) in [6, 6.07) is -0.229. The number of hydrogen-bond acceptors (Lipinski definition) is 10. The van der Waals surface area contributed by atoms with Gasteiger partial charge in [-0.2, -0.15) is 15.0 Å². The highest BCUT2D eigenvalue weighted by molar-refractivity contribution is 5.47. The molecule has 13 nitrogen and oxygen atoms in total. The molecule has 45 heavy (non-hydrogen) atoms. The van der Waals surface area contributed by atoms with E-state index in [-0.39, 0.29) is 31.3 Å². The standard InChI is InChI=1S/C32H58N9O4/c1-27(2)15-21(16-28(3,4)39(27)43)34-25-35-24(33-13-14-42)36-26(37-25)38(22-17-29(5,6)40(44)30(7,8)18-22)23-19-31(9,10)41(45)32(11,12)20-23/h21-23,42H,13-20H2,1-12H3,(H2,33,34,35,36,37). The first-order valence-electron chi connectivity index (χ1n) is 16.5. The van der Waals surface area contributed by atoms with Gasteiger partial charge in [-0.1, -0.05) is 0 Å². The molecule has 0 aliphatic carbocycles. The van der Waals surface area contributed by atoms with E-state index in [9.17, 15) is 20.7 Å². The molecule has 3 saturated heterocycles. The van der Waals surface area contributed by atoms with E-state index in [0.717, 1.165) is 0 Å². The van der Waals surface area contributed by atoms with E-state index >= 15 is 0 Å². The van der Waals surface area contributed by atoms with Gasteiger partial charge >= 0.3 is 0 Å². The maximum Gasteiger partial charge on any atom is 0.232 e. The molecule has 3 N–H and O–H groups in total. The third kappa shape index (κ3) is 7.34. The van der Waals surface area contributed by atoms with Crippen LogP contribution in [0.5, 0.6) is 0 Å². The molecular formula is C32H58N9O4. The summed E-state index contributed by atoms with van der Waals surface area (Å²) in [5.74, 6) is 1.20. The highest BCUT2D eigenvalue weighted by Crippen LogP contribution is 2.45. The van der Waals surface area contributed by atoms with Crippen LogP contribution in [0.2, 0.25) is 0 Å². The fourth-order valence-corrected chi connectivity index (χ4v) is 8.78. The Kier molecular flexibility index (Phi) is 9.58. The minimum atomic E-state index is -0.634. The third-order valence-electron chi connectivity index (χ3n) is 10.1. The lowest BCUT2D eigenvalue weighted by Gasteiger charge is -2.57. The van der Waals surface area contributed by atoms with Crippen molar-refractivity contribution >= 4 is 17.8 Å². The predicted octanol–water partition coefficient (Wildman–Crippen LogP) is 4.60. The molecule has 3 fully saturated rings. The van der Waals surface area contributed by atoms with E-state index in [1.165, 1.54) is 15.2 Å². The van der Waals surface area contributed by atoms with Crippen molar-refractivity contribution in [1.82, 2.24) is 30.1 Å². The number of anilines is 3. The number of aliphatic hydroxyl groups excluding tert-OH is 1. The second-order valence-corrected chi connectivity index (χ2v) is 17.5. The van der Waals surface area contributed by atoms with Gasteiger partial charge in [0, 0.05) is 57.9 Å². The minimum absolute atomic E-state index is 0.0577. The van der Waals surface area contributed by atoms with Gasteiger partial charge in [0.1, 0.15) is 0 Å². The van der Waals surface area contributed by atoms with Crippen LogP contribution >= 0.6 is 0 Å². The van der Waals surface area contributed by atoms with Crippen LogP contribution in [0.25, 0.3) is 0 Å². The zero-order valence-corrected chi connectivity index (χ0v) is 29.7. The Morgan fingerprint density at radius 2 is 0.978 bits per heavy atom. The van der Waals surface area contributed by atoms with Crippen LogP contribution in [0.4, 0.5) is 17.8 Å². The average molecular weight is 633 g/mol. The molecule has 0 aromatic carbocycles. The Morgan fingerprint density at radius 1 is 0.622 bits per heavy atom. The van der Waals surface area contributed by atoms with Gasteiger partial charge in [-0.15, -0.1) is 30.8 Å². The lowest BCUT2D eigenvalue weighted by molar-refractivity contribution is -0.294. The van der Waals surface area contributed by atoms with Crippen molar-refractivity contribution in [3.8, 4) is 0 Å². The number of aromatic nitrogens is 3. The fourth-order valence-electron chi connectivity index (χ4n) is 8.78. The van der Waals surface area contributed by atoms with E-state index in [4.69, 9.17) is 15.0 Å². The van der Waals surface area contributed by atoms with Crippen LogP contribution in [0.15, 0.2) is 0 Å². The number of aliphatic hydroxyl groups is 1. The molecule has 4 rings (SSSR count). The molecule has 3 aliphatic heterocycles. The molecule has 0 unspecified atom stereocenters. The Balaban J connectivity index is 1.82. The zero-order valence-electron chi connectivity index (χ0n) is 29.7. The van der Waals surface area contributed by atoms with Crippen LogP contribution in [-0.4, -0.2) is 99.8 Å². The van der Waals surface area contributed by atoms with E-state index in [0.29, 0.717) is 56.4 Å². The fraction of sp³-hybridized carbons (Fsp3) is 0.906. The number of nitrogens with zero attached hydrogens (tertiary/aromatic N) is 7. The summed E-state index contributed by atoms with van der Waals surface area (Å²) >= 11 is 0. The maximum atomic E-state index is 13.4. The summed E-state index contributed by atoms with van der Waals surface area (Å²) in [4.78, 5) is 16.9. The molecule has 0 bridgehead atoms. The van der Waals surface area contributed by atoms with Crippen molar-refractivity contribution < 1.29 is 20.7 Å². The van der Waals surface area contributed by atoms with Crippen molar-refractivity contribution in [2.45, 2.75) is 173 Å². The van der Waals surface area contributed by atoms with Gasteiger partial charge in [-0.05, 0) is 122 Å². The molecular weight excluding hydrogens is 574 g/mol. The summed E-state index contributed by atoms with van der Waals surface area (Å²) < 4.78 is 0. The van der Waals surface area contributed by atoms with E-state index in [2.05, 4.69) is 15.5 Å². The lowest BCUT2D eigenvalue weighted by atomic mass is 9.75. The van der Waals surface area contributed by atoms with Crippen LogP contribution in [0.1, 0.15) is 122 Å². The normalized spacial score (nSPS) is 27.3. The zero-order chi connectivity index (χ0) is 34.0. The van der Waals surface area contributed by atoms with Crippen molar-refractivity contribution in [3.63, 3.8) is 0 Å².